The van der Waals surface area contributed by atoms with Gasteiger partial charge in [0.05, 0.1) is 13.2 Å². The largest absolute Gasteiger partial charge is 0.438 e. The zero-order chi connectivity index (χ0) is 19.6. The molecule has 0 spiro atoms. The normalized spacial score (nSPS) is 15.4. The molecule has 8 heteroatoms. The molecule has 1 aliphatic rings. The third-order valence-corrected chi connectivity index (χ3v) is 4.49. The van der Waals surface area contributed by atoms with Crippen molar-refractivity contribution < 1.29 is 14.3 Å². The van der Waals surface area contributed by atoms with Crippen LogP contribution in [-0.2, 0) is 9.47 Å². The zero-order valence-electron chi connectivity index (χ0n) is 16.4. The molecule has 0 aliphatic carbocycles. The van der Waals surface area contributed by atoms with Gasteiger partial charge in [-0.2, -0.15) is 5.10 Å². The number of rotatable bonds is 5. The SMILES string of the molecule is Cc1ccc(C)c(N/C(=N/N=C/C(C)C)SCOC(=O)N2CCOCC2)c1. The van der Waals surface area contributed by atoms with Crippen LogP contribution in [0.3, 0.4) is 0 Å². The Bertz CT molecular complexity index is 686. The highest BCUT2D eigenvalue weighted by Gasteiger charge is 2.18. The molecular weight excluding hydrogens is 364 g/mol. The minimum absolute atomic E-state index is 0.157. The number of amides is 1. The molecule has 2 rings (SSSR count). The molecule has 27 heavy (non-hydrogen) atoms. The van der Waals surface area contributed by atoms with E-state index in [4.69, 9.17) is 9.47 Å². The second kappa shape index (κ2) is 10.9. The molecule has 1 saturated heterocycles. The summed E-state index contributed by atoms with van der Waals surface area (Å²) in [5.74, 6) is 0.462. The third kappa shape index (κ3) is 7.60. The number of nitrogens with zero attached hydrogens (tertiary/aromatic N) is 3. The van der Waals surface area contributed by atoms with E-state index >= 15 is 0 Å². The summed E-state index contributed by atoms with van der Waals surface area (Å²) in [6.07, 6.45) is 1.44. The number of nitrogens with one attached hydrogen (secondary N) is 1. The first-order valence-corrected chi connectivity index (χ1v) is 10.0. The van der Waals surface area contributed by atoms with E-state index in [1.165, 1.54) is 11.8 Å². The monoisotopic (exact) mass is 392 g/mol. The quantitative estimate of drug-likeness (QED) is 0.356. The van der Waals surface area contributed by atoms with Crippen molar-refractivity contribution in [1.82, 2.24) is 4.90 Å². The first-order chi connectivity index (χ1) is 13.0. The summed E-state index contributed by atoms with van der Waals surface area (Å²) in [6.45, 7) is 10.4. The summed E-state index contributed by atoms with van der Waals surface area (Å²) in [5.41, 5.74) is 3.21. The Hall–Kier alpha value is -2.06. The topological polar surface area (TPSA) is 75.5 Å². The summed E-state index contributed by atoms with van der Waals surface area (Å²) in [4.78, 5) is 13.7. The van der Waals surface area contributed by atoms with Crippen molar-refractivity contribution in [2.75, 3.05) is 37.6 Å². The number of carbonyl (C=O) groups is 1. The van der Waals surface area contributed by atoms with Crippen molar-refractivity contribution in [1.29, 1.82) is 0 Å². The molecule has 1 fully saturated rings. The lowest BCUT2D eigenvalue weighted by atomic mass is 10.1. The van der Waals surface area contributed by atoms with Gasteiger partial charge >= 0.3 is 6.09 Å². The smallest absolute Gasteiger partial charge is 0.410 e. The van der Waals surface area contributed by atoms with Crippen molar-refractivity contribution in [3.63, 3.8) is 0 Å². The predicted molar refractivity (Wildman–Crippen MR) is 112 cm³/mol. The molecule has 0 aromatic heterocycles. The van der Waals surface area contributed by atoms with Crippen LogP contribution in [0.1, 0.15) is 25.0 Å². The fourth-order valence-corrected chi connectivity index (χ4v) is 2.83. The molecule has 0 saturated carbocycles. The number of carbonyl (C=O) groups excluding carboxylic acids is 1. The van der Waals surface area contributed by atoms with E-state index in [9.17, 15) is 4.79 Å². The Balaban J connectivity index is 1.97. The Morgan fingerprint density at radius 1 is 1.37 bits per heavy atom. The molecule has 0 bridgehead atoms. The maximum absolute atomic E-state index is 12.1. The molecule has 1 heterocycles. The van der Waals surface area contributed by atoms with Gasteiger partial charge in [0.1, 0.15) is 5.94 Å². The molecule has 1 amide bonds. The van der Waals surface area contributed by atoms with E-state index in [2.05, 4.69) is 33.7 Å². The van der Waals surface area contributed by atoms with E-state index < -0.39 is 0 Å². The van der Waals surface area contributed by atoms with Crippen LogP contribution in [0.25, 0.3) is 0 Å². The Labute approximate surface area is 165 Å². The van der Waals surface area contributed by atoms with Gasteiger partial charge in [0.2, 0.25) is 0 Å². The van der Waals surface area contributed by atoms with Crippen LogP contribution in [0.5, 0.6) is 0 Å². The number of morpholine rings is 1. The van der Waals surface area contributed by atoms with E-state index in [1.807, 2.05) is 27.7 Å². The zero-order valence-corrected chi connectivity index (χ0v) is 17.2. The molecular formula is C19H28N4O3S. The lowest BCUT2D eigenvalue weighted by Gasteiger charge is -2.25. The standard InChI is InChI=1S/C19H28N4O3S/c1-14(2)12-20-22-18(21-17-11-15(3)5-6-16(17)4)27-13-26-19(24)23-7-9-25-10-8-23/h5-6,11-12,14H,7-10,13H2,1-4H3,(H,21,22)/b20-12+. The van der Waals surface area contributed by atoms with Crippen LogP contribution < -0.4 is 5.32 Å². The maximum Gasteiger partial charge on any atom is 0.410 e. The number of aryl methyl sites for hydroxylation is 2. The minimum atomic E-state index is -0.331. The highest BCUT2D eigenvalue weighted by Crippen LogP contribution is 2.19. The van der Waals surface area contributed by atoms with Crippen molar-refractivity contribution in [3.05, 3.63) is 29.3 Å². The van der Waals surface area contributed by atoms with Crippen LogP contribution in [0, 0.1) is 19.8 Å². The molecule has 1 aromatic rings. The van der Waals surface area contributed by atoms with E-state index in [-0.39, 0.29) is 12.0 Å². The lowest BCUT2D eigenvalue weighted by Crippen LogP contribution is -2.41. The summed E-state index contributed by atoms with van der Waals surface area (Å²) in [5, 5.41) is 12.2. The summed E-state index contributed by atoms with van der Waals surface area (Å²) in [6, 6.07) is 6.17. The van der Waals surface area contributed by atoms with Gasteiger partial charge in [0, 0.05) is 25.0 Å². The fraction of sp³-hybridized carbons (Fsp3) is 0.526. The average molecular weight is 393 g/mol. The van der Waals surface area contributed by atoms with Gasteiger partial charge in [-0.25, -0.2) is 4.79 Å². The van der Waals surface area contributed by atoms with Gasteiger partial charge in [-0.3, -0.25) is 0 Å². The first kappa shape index (κ1) is 21.2. The van der Waals surface area contributed by atoms with Crippen molar-refractivity contribution in [2.24, 2.45) is 16.1 Å². The lowest BCUT2D eigenvalue weighted by molar-refractivity contribution is 0.0321. The second-order valence-electron chi connectivity index (χ2n) is 6.63. The number of anilines is 1. The van der Waals surface area contributed by atoms with Gasteiger partial charge in [0.15, 0.2) is 5.17 Å². The molecule has 1 aromatic carbocycles. The predicted octanol–water partition coefficient (Wildman–Crippen LogP) is 3.87. The summed E-state index contributed by atoms with van der Waals surface area (Å²) >= 11 is 1.30. The fourth-order valence-electron chi connectivity index (χ4n) is 2.27. The average Bonchev–Trinajstić information content (AvgIpc) is 2.64. The highest BCUT2D eigenvalue weighted by molar-refractivity contribution is 8.14. The Morgan fingerprint density at radius 2 is 2.11 bits per heavy atom. The van der Waals surface area contributed by atoms with E-state index in [1.54, 1.807) is 11.1 Å². The van der Waals surface area contributed by atoms with Gasteiger partial charge in [0.25, 0.3) is 0 Å². The van der Waals surface area contributed by atoms with Gasteiger partial charge in [-0.05, 0) is 48.7 Å². The number of ether oxygens (including phenoxy) is 2. The van der Waals surface area contributed by atoms with Crippen LogP contribution in [0.4, 0.5) is 10.5 Å². The maximum atomic E-state index is 12.1. The second-order valence-corrected chi connectivity index (χ2v) is 7.54. The molecule has 1 N–H and O–H groups in total. The third-order valence-electron chi connectivity index (χ3n) is 3.80. The molecule has 7 nitrogen and oxygen atoms in total. The summed E-state index contributed by atoms with van der Waals surface area (Å²) < 4.78 is 10.6. The van der Waals surface area contributed by atoms with Gasteiger partial charge < -0.3 is 19.7 Å². The van der Waals surface area contributed by atoms with Crippen LogP contribution in [0.2, 0.25) is 0 Å². The van der Waals surface area contributed by atoms with Crippen LogP contribution >= 0.6 is 11.8 Å². The van der Waals surface area contributed by atoms with E-state index in [0.29, 0.717) is 37.4 Å². The Morgan fingerprint density at radius 3 is 2.81 bits per heavy atom. The van der Waals surface area contributed by atoms with Gasteiger partial charge in [-0.15, -0.1) is 5.10 Å². The van der Waals surface area contributed by atoms with E-state index in [0.717, 1.165) is 16.8 Å². The molecule has 0 radical (unpaired) electrons. The number of hydrogen-bond acceptors (Lipinski definition) is 6. The molecule has 148 valence electrons. The summed E-state index contributed by atoms with van der Waals surface area (Å²) in [7, 11) is 0. The van der Waals surface area contributed by atoms with Gasteiger partial charge in [-0.1, -0.05) is 26.0 Å². The molecule has 0 atom stereocenters. The number of amidine groups is 1. The van der Waals surface area contributed by atoms with Crippen LogP contribution in [-0.4, -0.2) is 54.6 Å². The van der Waals surface area contributed by atoms with Crippen LogP contribution in [0.15, 0.2) is 28.4 Å². The molecule has 1 aliphatic heterocycles. The number of thioether (sulfide) groups is 1. The van der Waals surface area contributed by atoms with Crippen molar-refractivity contribution >= 4 is 34.9 Å². The number of hydrogen-bond donors (Lipinski definition) is 1. The molecule has 0 unspecified atom stereocenters. The number of benzene rings is 1. The van der Waals surface area contributed by atoms with Crippen molar-refractivity contribution in [3.8, 4) is 0 Å². The minimum Gasteiger partial charge on any atom is -0.438 e. The Kier molecular flexibility index (Phi) is 8.60. The first-order valence-electron chi connectivity index (χ1n) is 9.03. The van der Waals surface area contributed by atoms with Crippen molar-refractivity contribution in [2.45, 2.75) is 27.7 Å². The highest BCUT2D eigenvalue weighted by atomic mass is 32.2.